The summed E-state index contributed by atoms with van der Waals surface area (Å²) < 4.78 is 1.77. The van der Waals surface area contributed by atoms with Crippen molar-refractivity contribution in [3.63, 3.8) is 0 Å². The van der Waals surface area contributed by atoms with Crippen LogP contribution in [-0.4, -0.2) is 26.3 Å². The van der Waals surface area contributed by atoms with Crippen molar-refractivity contribution in [1.29, 1.82) is 0 Å². The average molecular weight is 283 g/mol. The van der Waals surface area contributed by atoms with E-state index < -0.39 is 0 Å². The Morgan fingerprint density at radius 2 is 2.24 bits per heavy atom. The summed E-state index contributed by atoms with van der Waals surface area (Å²) in [5.74, 6) is 1.64. The molecule has 3 rings (SSSR count). The highest BCUT2D eigenvalue weighted by Gasteiger charge is 2.05. The lowest BCUT2D eigenvalue weighted by Crippen LogP contribution is -2.07. The van der Waals surface area contributed by atoms with E-state index in [1.807, 2.05) is 25.4 Å². The number of hydrogen-bond acceptors (Lipinski definition) is 4. The molecule has 110 valence electrons. The molecule has 5 heteroatoms. The van der Waals surface area contributed by atoms with E-state index in [-0.39, 0.29) is 0 Å². The quantitative estimate of drug-likeness (QED) is 0.856. The van der Waals surface area contributed by atoms with Gasteiger partial charge in [-0.25, -0.2) is 14.6 Å². The van der Waals surface area contributed by atoms with Crippen LogP contribution in [0.25, 0.3) is 5.82 Å². The van der Waals surface area contributed by atoms with Gasteiger partial charge in [-0.2, -0.15) is 5.10 Å². The van der Waals surface area contributed by atoms with Crippen LogP contribution in [-0.2, 0) is 0 Å². The van der Waals surface area contributed by atoms with Crippen LogP contribution >= 0.6 is 0 Å². The summed E-state index contributed by atoms with van der Waals surface area (Å²) in [5, 5.41) is 7.65. The van der Waals surface area contributed by atoms with Crippen molar-refractivity contribution in [1.82, 2.24) is 19.7 Å². The molecule has 2 aromatic rings. The summed E-state index contributed by atoms with van der Waals surface area (Å²) in [6, 6.07) is 1.93. The monoisotopic (exact) mass is 283 g/mol. The van der Waals surface area contributed by atoms with Crippen molar-refractivity contribution >= 4 is 5.82 Å². The maximum absolute atomic E-state index is 4.27. The normalized spacial score (nSPS) is 14.8. The van der Waals surface area contributed by atoms with E-state index in [4.69, 9.17) is 0 Å². The molecular weight excluding hydrogens is 262 g/mol. The first-order chi connectivity index (χ1) is 10.3. The highest BCUT2D eigenvalue weighted by molar-refractivity contribution is 5.40. The molecule has 0 unspecified atom stereocenters. The molecule has 21 heavy (non-hydrogen) atoms. The van der Waals surface area contributed by atoms with E-state index in [1.54, 1.807) is 16.6 Å². The van der Waals surface area contributed by atoms with Gasteiger partial charge in [0.1, 0.15) is 12.1 Å². The van der Waals surface area contributed by atoms with Crippen molar-refractivity contribution in [2.75, 3.05) is 11.9 Å². The Bertz CT molecular complexity index is 629. The first-order valence-corrected chi connectivity index (χ1v) is 7.57. The Balaban J connectivity index is 1.59. The summed E-state index contributed by atoms with van der Waals surface area (Å²) in [7, 11) is 0. The molecule has 2 aromatic heterocycles. The molecule has 0 saturated carbocycles. The van der Waals surface area contributed by atoms with Crippen molar-refractivity contribution < 1.29 is 0 Å². The Labute approximate surface area is 125 Å². The molecular formula is C16H21N5. The smallest absolute Gasteiger partial charge is 0.158 e. The number of anilines is 1. The molecule has 1 aliphatic carbocycles. The van der Waals surface area contributed by atoms with Crippen LogP contribution in [0.2, 0.25) is 0 Å². The summed E-state index contributed by atoms with van der Waals surface area (Å²) in [5.41, 5.74) is 2.69. The Morgan fingerprint density at radius 3 is 3.00 bits per heavy atom. The van der Waals surface area contributed by atoms with Crippen molar-refractivity contribution in [3.8, 4) is 5.82 Å². The molecule has 0 aliphatic heterocycles. The lowest BCUT2D eigenvalue weighted by Gasteiger charge is -2.13. The van der Waals surface area contributed by atoms with Crippen LogP contribution in [0.5, 0.6) is 0 Å². The molecule has 0 radical (unpaired) electrons. The lowest BCUT2D eigenvalue weighted by molar-refractivity contribution is 0.679. The zero-order chi connectivity index (χ0) is 14.5. The second-order valence-electron chi connectivity index (χ2n) is 5.51. The van der Waals surface area contributed by atoms with Gasteiger partial charge >= 0.3 is 0 Å². The molecule has 0 bridgehead atoms. The highest BCUT2D eigenvalue weighted by atomic mass is 15.3. The van der Waals surface area contributed by atoms with Gasteiger partial charge in [-0.05, 0) is 44.6 Å². The molecule has 1 aliphatic rings. The van der Waals surface area contributed by atoms with E-state index in [1.165, 1.54) is 25.7 Å². The van der Waals surface area contributed by atoms with Gasteiger partial charge in [0.15, 0.2) is 5.82 Å². The molecule has 5 nitrogen and oxygen atoms in total. The first kappa shape index (κ1) is 13.8. The fourth-order valence-electron chi connectivity index (χ4n) is 2.59. The number of nitrogens with zero attached hydrogens (tertiary/aromatic N) is 4. The molecule has 0 aromatic carbocycles. The number of aromatic nitrogens is 4. The summed E-state index contributed by atoms with van der Waals surface area (Å²) >= 11 is 0. The number of aryl methyl sites for hydroxylation is 1. The van der Waals surface area contributed by atoms with Crippen LogP contribution < -0.4 is 5.32 Å². The zero-order valence-electron chi connectivity index (χ0n) is 12.4. The number of allylic oxidation sites excluding steroid dienone is 1. The van der Waals surface area contributed by atoms with Gasteiger partial charge in [-0.15, -0.1) is 0 Å². The second kappa shape index (κ2) is 6.52. The van der Waals surface area contributed by atoms with Crippen molar-refractivity contribution in [2.45, 2.75) is 39.0 Å². The molecule has 0 fully saturated rings. The highest BCUT2D eigenvalue weighted by Crippen LogP contribution is 2.20. The number of rotatable bonds is 5. The summed E-state index contributed by atoms with van der Waals surface area (Å²) in [6.45, 7) is 2.93. The number of hydrogen-bond donors (Lipinski definition) is 1. The van der Waals surface area contributed by atoms with Gasteiger partial charge in [-0.3, -0.25) is 0 Å². The Morgan fingerprint density at radius 1 is 1.29 bits per heavy atom. The fourth-order valence-corrected chi connectivity index (χ4v) is 2.59. The topological polar surface area (TPSA) is 55.6 Å². The molecule has 0 spiro atoms. The van der Waals surface area contributed by atoms with Crippen molar-refractivity contribution in [2.24, 2.45) is 0 Å². The third kappa shape index (κ3) is 3.68. The van der Waals surface area contributed by atoms with E-state index in [2.05, 4.69) is 26.5 Å². The molecule has 0 atom stereocenters. The minimum absolute atomic E-state index is 0.789. The van der Waals surface area contributed by atoms with E-state index in [0.29, 0.717) is 0 Å². The standard InChI is InChI=1S/C16H21N5/c1-13-10-20-21(11-13)16-9-15(18-12-19-16)17-8-7-14-5-3-2-4-6-14/h5,9-12H,2-4,6-8H2,1H3,(H,17,18,19). The predicted molar refractivity (Wildman–Crippen MR) is 83.5 cm³/mol. The molecule has 0 amide bonds. The Kier molecular flexibility index (Phi) is 4.28. The van der Waals surface area contributed by atoms with Gasteiger partial charge < -0.3 is 5.32 Å². The van der Waals surface area contributed by atoms with Gasteiger partial charge in [0.25, 0.3) is 0 Å². The minimum Gasteiger partial charge on any atom is -0.370 e. The average Bonchev–Trinajstić information content (AvgIpc) is 2.95. The largest absolute Gasteiger partial charge is 0.370 e. The zero-order valence-corrected chi connectivity index (χ0v) is 12.4. The predicted octanol–water partition coefficient (Wildman–Crippen LogP) is 3.27. The maximum Gasteiger partial charge on any atom is 0.158 e. The number of nitrogens with one attached hydrogen (secondary N) is 1. The van der Waals surface area contributed by atoms with Gasteiger partial charge in [0.05, 0.1) is 6.20 Å². The third-order valence-electron chi connectivity index (χ3n) is 3.74. The summed E-state index contributed by atoms with van der Waals surface area (Å²) in [4.78, 5) is 8.53. The van der Waals surface area contributed by atoms with Crippen LogP contribution in [0.4, 0.5) is 5.82 Å². The Hall–Kier alpha value is -2.17. The van der Waals surface area contributed by atoms with Crippen LogP contribution in [0.15, 0.2) is 36.4 Å². The van der Waals surface area contributed by atoms with Crippen molar-refractivity contribution in [3.05, 3.63) is 42.0 Å². The summed E-state index contributed by atoms with van der Waals surface area (Å²) in [6.07, 6.45) is 14.0. The van der Waals surface area contributed by atoms with Crippen LogP contribution in [0.1, 0.15) is 37.7 Å². The molecule has 1 N–H and O–H groups in total. The van der Waals surface area contributed by atoms with E-state index >= 15 is 0 Å². The van der Waals surface area contributed by atoms with E-state index in [0.717, 1.165) is 30.2 Å². The first-order valence-electron chi connectivity index (χ1n) is 7.57. The van der Waals surface area contributed by atoms with Gasteiger partial charge in [0, 0.05) is 18.8 Å². The second-order valence-corrected chi connectivity index (χ2v) is 5.51. The van der Waals surface area contributed by atoms with Crippen LogP contribution in [0, 0.1) is 6.92 Å². The van der Waals surface area contributed by atoms with Crippen LogP contribution in [0.3, 0.4) is 0 Å². The third-order valence-corrected chi connectivity index (χ3v) is 3.74. The lowest BCUT2D eigenvalue weighted by atomic mass is 9.97. The maximum atomic E-state index is 4.27. The van der Waals surface area contributed by atoms with Gasteiger partial charge in [0.2, 0.25) is 0 Å². The van der Waals surface area contributed by atoms with Gasteiger partial charge in [-0.1, -0.05) is 11.6 Å². The SMILES string of the molecule is Cc1cnn(-c2cc(NCCC3=CCCCC3)ncn2)c1. The molecule has 0 saturated heterocycles. The minimum atomic E-state index is 0.789. The van der Waals surface area contributed by atoms with E-state index in [9.17, 15) is 0 Å². The molecule has 2 heterocycles. The fraction of sp³-hybridized carbons (Fsp3) is 0.438.